The SMILES string of the molecule is CCC(Cc1ccc(O)c(O)c1O)CC(C)(N)C(=O)O. The molecule has 0 amide bonds. The van der Waals surface area contributed by atoms with Crippen molar-refractivity contribution in [2.75, 3.05) is 0 Å². The van der Waals surface area contributed by atoms with Gasteiger partial charge >= 0.3 is 5.97 Å². The van der Waals surface area contributed by atoms with Crippen molar-refractivity contribution in [1.82, 2.24) is 0 Å². The van der Waals surface area contributed by atoms with E-state index in [0.29, 0.717) is 18.4 Å². The molecule has 2 unspecified atom stereocenters. The van der Waals surface area contributed by atoms with Crippen LogP contribution in [0.3, 0.4) is 0 Å². The van der Waals surface area contributed by atoms with Crippen LogP contribution in [0.5, 0.6) is 17.2 Å². The summed E-state index contributed by atoms with van der Waals surface area (Å²) >= 11 is 0. The molecule has 0 saturated carbocycles. The molecule has 0 aliphatic heterocycles. The summed E-state index contributed by atoms with van der Waals surface area (Å²) in [7, 11) is 0. The van der Waals surface area contributed by atoms with Crippen LogP contribution in [-0.4, -0.2) is 31.9 Å². The van der Waals surface area contributed by atoms with Gasteiger partial charge in [0, 0.05) is 0 Å². The third kappa shape index (κ3) is 3.54. The van der Waals surface area contributed by atoms with E-state index in [-0.39, 0.29) is 18.1 Å². The maximum absolute atomic E-state index is 11.0. The summed E-state index contributed by atoms with van der Waals surface area (Å²) in [4.78, 5) is 11.0. The number of hydrogen-bond acceptors (Lipinski definition) is 5. The highest BCUT2D eigenvalue weighted by atomic mass is 16.4. The Morgan fingerprint density at radius 1 is 1.30 bits per heavy atom. The molecule has 20 heavy (non-hydrogen) atoms. The van der Waals surface area contributed by atoms with Crippen LogP contribution < -0.4 is 5.73 Å². The maximum Gasteiger partial charge on any atom is 0.323 e. The Hall–Kier alpha value is -1.95. The Morgan fingerprint density at radius 2 is 1.90 bits per heavy atom. The lowest BCUT2D eigenvalue weighted by atomic mass is 9.84. The first-order chi connectivity index (χ1) is 9.19. The fourth-order valence-corrected chi connectivity index (χ4v) is 2.13. The molecule has 0 aliphatic rings. The Morgan fingerprint density at radius 3 is 2.40 bits per heavy atom. The van der Waals surface area contributed by atoms with Gasteiger partial charge in [-0.1, -0.05) is 19.4 Å². The Bertz CT molecular complexity index is 499. The van der Waals surface area contributed by atoms with Gasteiger partial charge in [0.2, 0.25) is 5.75 Å². The Balaban J connectivity index is 2.90. The molecule has 1 aromatic carbocycles. The summed E-state index contributed by atoms with van der Waals surface area (Å²) in [6.07, 6.45) is 1.30. The number of phenolic OH excluding ortho intramolecular Hbond substituents is 3. The van der Waals surface area contributed by atoms with Crippen LogP contribution in [0.1, 0.15) is 32.3 Å². The van der Waals surface area contributed by atoms with Crippen LogP contribution in [0.15, 0.2) is 12.1 Å². The van der Waals surface area contributed by atoms with Crippen molar-refractivity contribution in [1.29, 1.82) is 0 Å². The minimum absolute atomic E-state index is 0.0593. The van der Waals surface area contributed by atoms with Crippen molar-refractivity contribution in [3.63, 3.8) is 0 Å². The van der Waals surface area contributed by atoms with Gasteiger partial charge in [0.1, 0.15) is 5.54 Å². The van der Waals surface area contributed by atoms with Crippen LogP contribution in [0.4, 0.5) is 0 Å². The fraction of sp³-hybridized carbons (Fsp3) is 0.500. The molecule has 0 aromatic heterocycles. The zero-order valence-electron chi connectivity index (χ0n) is 11.6. The number of benzene rings is 1. The summed E-state index contributed by atoms with van der Waals surface area (Å²) in [5.74, 6) is -2.47. The monoisotopic (exact) mass is 283 g/mol. The van der Waals surface area contributed by atoms with Crippen molar-refractivity contribution in [3.05, 3.63) is 17.7 Å². The third-order valence-corrected chi connectivity index (χ3v) is 3.50. The molecule has 0 saturated heterocycles. The van der Waals surface area contributed by atoms with Gasteiger partial charge in [-0.2, -0.15) is 0 Å². The van der Waals surface area contributed by atoms with E-state index in [9.17, 15) is 20.1 Å². The van der Waals surface area contributed by atoms with E-state index in [1.165, 1.54) is 19.1 Å². The summed E-state index contributed by atoms with van der Waals surface area (Å²) in [5, 5.41) is 37.6. The number of carboxylic acids is 1. The van der Waals surface area contributed by atoms with Crippen LogP contribution in [0, 0.1) is 5.92 Å². The molecule has 6 N–H and O–H groups in total. The molecule has 1 rings (SSSR count). The predicted octanol–water partition coefficient (Wildman–Crippen LogP) is 1.56. The largest absolute Gasteiger partial charge is 0.504 e. The average Bonchev–Trinajstić information content (AvgIpc) is 2.38. The molecule has 112 valence electrons. The van der Waals surface area contributed by atoms with Crippen molar-refractivity contribution >= 4 is 5.97 Å². The van der Waals surface area contributed by atoms with Gasteiger partial charge in [0.05, 0.1) is 0 Å². The minimum Gasteiger partial charge on any atom is -0.504 e. The van der Waals surface area contributed by atoms with Gasteiger partial charge in [-0.25, -0.2) is 0 Å². The molecular formula is C14H21NO5. The first kappa shape index (κ1) is 16.1. The predicted molar refractivity (Wildman–Crippen MR) is 73.8 cm³/mol. The molecule has 0 radical (unpaired) electrons. The highest BCUT2D eigenvalue weighted by Crippen LogP contribution is 2.38. The van der Waals surface area contributed by atoms with E-state index in [1.807, 2.05) is 6.92 Å². The van der Waals surface area contributed by atoms with E-state index in [2.05, 4.69) is 0 Å². The first-order valence-electron chi connectivity index (χ1n) is 6.44. The lowest BCUT2D eigenvalue weighted by Gasteiger charge is -2.25. The molecule has 6 nitrogen and oxygen atoms in total. The van der Waals surface area contributed by atoms with Gasteiger partial charge in [0.25, 0.3) is 0 Å². The number of phenols is 3. The van der Waals surface area contributed by atoms with Gasteiger partial charge in [0.15, 0.2) is 11.5 Å². The van der Waals surface area contributed by atoms with Crippen molar-refractivity contribution in [2.45, 2.75) is 38.6 Å². The summed E-state index contributed by atoms with van der Waals surface area (Å²) < 4.78 is 0. The van der Waals surface area contributed by atoms with Crippen LogP contribution >= 0.6 is 0 Å². The van der Waals surface area contributed by atoms with Gasteiger partial charge in [-0.3, -0.25) is 4.79 Å². The van der Waals surface area contributed by atoms with E-state index < -0.39 is 23.0 Å². The molecule has 0 fully saturated rings. The smallest absolute Gasteiger partial charge is 0.323 e. The van der Waals surface area contributed by atoms with Crippen LogP contribution in [-0.2, 0) is 11.2 Å². The Labute approximate surface area is 117 Å². The van der Waals surface area contributed by atoms with Gasteiger partial charge in [-0.15, -0.1) is 0 Å². The second-order valence-corrected chi connectivity index (χ2v) is 5.35. The van der Waals surface area contributed by atoms with E-state index in [0.717, 1.165) is 0 Å². The standard InChI is InChI=1S/C14H21NO5/c1-3-8(7-14(2,15)13(19)20)6-9-4-5-10(16)12(18)11(9)17/h4-5,8,16-18H,3,6-7,15H2,1-2H3,(H,19,20). The highest BCUT2D eigenvalue weighted by Gasteiger charge is 2.31. The third-order valence-electron chi connectivity index (χ3n) is 3.50. The minimum atomic E-state index is -1.34. The van der Waals surface area contributed by atoms with Gasteiger partial charge in [-0.05, 0) is 37.3 Å². The average molecular weight is 283 g/mol. The zero-order chi connectivity index (χ0) is 15.5. The topological polar surface area (TPSA) is 124 Å². The molecule has 0 spiro atoms. The number of carbonyl (C=O) groups is 1. The summed E-state index contributed by atoms with van der Waals surface area (Å²) in [6.45, 7) is 3.35. The molecule has 0 aliphatic carbocycles. The summed E-state index contributed by atoms with van der Waals surface area (Å²) in [6, 6.07) is 2.79. The Kier molecular flexibility index (Phi) is 4.83. The quantitative estimate of drug-likeness (QED) is 0.505. The lowest BCUT2D eigenvalue weighted by Crippen LogP contribution is -2.46. The fourth-order valence-electron chi connectivity index (χ4n) is 2.13. The van der Waals surface area contributed by atoms with Gasteiger partial charge < -0.3 is 26.2 Å². The molecule has 0 heterocycles. The molecule has 6 heteroatoms. The van der Waals surface area contributed by atoms with Crippen molar-refractivity contribution < 1.29 is 25.2 Å². The van der Waals surface area contributed by atoms with Crippen molar-refractivity contribution in [2.24, 2.45) is 11.7 Å². The van der Waals surface area contributed by atoms with E-state index >= 15 is 0 Å². The zero-order valence-corrected chi connectivity index (χ0v) is 11.6. The molecule has 2 atom stereocenters. The van der Waals surface area contributed by atoms with Crippen molar-refractivity contribution in [3.8, 4) is 17.2 Å². The second kappa shape index (κ2) is 6.00. The number of aromatic hydroxyl groups is 3. The molecular weight excluding hydrogens is 262 g/mol. The molecule has 1 aromatic rings. The lowest BCUT2D eigenvalue weighted by molar-refractivity contribution is -0.143. The van der Waals surface area contributed by atoms with Crippen LogP contribution in [0.25, 0.3) is 0 Å². The second-order valence-electron chi connectivity index (χ2n) is 5.35. The highest BCUT2D eigenvalue weighted by molar-refractivity contribution is 5.77. The number of rotatable bonds is 6. The number of hydrogen-bond donors (Lipinski definition) is 5. The van der Waals surface area contributed by atoms with E-state index in [1.54, 1.807) is 0 Å². The van der Waals surface area contributed by atoms with E-state index in [4.69, 9.17) is 10.8 Å². The number of nitrogens with two attached hydrogens (primary N) is 1. The summed E-state index contributed by atoms with van der Waals surface area (Å²) in [5.41, 5.74) is 4.84. The first-order valence-corrected chi connectivity index (χ1v) is 6.44. The maximum atomic E-state index is 11.0. The van der Waals surface area contributed by atoms with Crippen LogP contribution in [0.2, 0.25) is 0 Å². The number of carboxylic acid groups (broad SMARTS) is 1. The molecule has 0 bridgehead atoms. The normalized spacial score (nSPS) is 15.6. The number of aliphatic carboxylic acids is 1.